The van der Waals surface area contributed by atoms with Gasteiger partial charge in [-0.05, 0) is 52.2 Å². The summed E-state index contributed by atoms with van der Waals surface area (Å²) in [6.45, 7) is 6.76. The number of aromatic nitrogens is 3. The quantitative estimate of drug-likeness (QED) is 0.853. The second kappa shape index (κ2) is 8.63. The number of carbonyl (C=O) groups is 1. The molecule has 0 saturated carbocycles. The topological polar surface area (TPSA) is 89.3 Å². The number of pyridine rings is 1. The molecule has 0 radical (unpaired) electrons. The third kappa shape index (κ3) is 5.56. The minimum absolute atomic E-state index is 0.0178. The molecule has 29 heavy (non-hydrogen) atoms. The second-order valence-electron chi connectivity index (χ2n) is 8.36. The summed E-state index contributed by atoms with van der Waals surface area (Å²) < 4.78 is 7.03. The molecule has 0 spiro atoms. The molecular weight excluding hydrogens is 370 g/mol. The summed E-state index contributed by atoms with van der Waals surface area (Å²) in [5, 5.41) is 3.37. The first-order valence-corrected chi connectivity index (χ1v) is 9.96. The Hall–Kier alpha value is -2.90. The van der Waals surface area contributed by atoms with Crippen molar-refractivity contribution >= 4 is 12.0 Å². The predicted octanol–water partition coefficient (Wildman–Crippen LogP) is 3.04. The monoisotopic (exact) mass is 399 g/mol. The number of rotatable bonds is 3. The highest BCUT2D eigenvalue weighted by molar-refractivity contribution is 5.68. The van der Waals surface area contributed by atoms with Crippen molar-refractivity contribution in [3.63, 3.8) is 0 Å². The highest BCUT2D eigenvalue weighted by Crippen LogP contribution is 2.20. The van der Waals surface area contributed by atoms with Crippen LogP contribution in [-0.2, 0) is 11.8 Å². The average molecular weight is 399 g/mol. The van der Waals surface area contributed by atoms with E-state index < -0.39 is 5.60 Å². The zero-order chi connectivity index (χ0) is 21.0. The van der Waals surface area contributed by atoms with Gasteiger partial charge in [-0.25, -0.2) is 9.78 Å². The Labute approximate surface area is 170 Å². The fraction of sp³-hybridized carbons (Fsp3) is 0.524. The first kappa shape index (κ1) is 20.8. The van der Waals surface area contributed by atoms with Gasteiger partial charge < -0.3 is 15.0 Å². The van der Waals surface area contributed by atoms with Crippen LogP contribution >= 0.6 is 0 Å². The van der Waals surface area contributed by atoms with E-state index in [1.165, 1.54) is 10.6 Å². The lowest BCUT2D eigenvalue weighted by molar-refractivity contribution is 0.0252. The van der Waals surface area contributed by atoms with Crippen LogP contribution in [0.5, 0.6) is 0 Å². The molecule has 8 nitrogen and oxygen atoms in total. The number of likely N-dealkylation sites (tertiary alicyclic amines) is 1. The molecule has 2 aromatic heterocycles. The molecular formula is C21H29N5O3. The van der Waals surface area contributed by atoms with E-state index in [0.717, 1.165) is 24.8 Å². The van der Waals surface area contributed by atoms with Crippen LogP contribution in [0.4, 0.5) is 10.7 Å². The maximum atomic E-state index is 12.5. The zero-order valence-electron chi connectivity index (χ0n) is 17.5. The molecule has 2 aromatic rings. The van der Waals surface area contributed by atoms with Crippen LogP contribution in [0.3, 0.4) is 0 Å². The van der Waals surface area contributed by atoms with Gasteiger partial charge in [-0.3, -0.25) is 14.3 Å². The van der Waals surface area contributed by atoms with Crippen LogP contribution in [0, 0.1) is 0 Å². The highest BCUT2D eigenvalue weighted by Gasteiger charge is 2.27. The number of carbonyl (C=O) groups excluding carboxylic acids is 1. The van der Waals surface area contributed by atoms with Gasteiger partial charge in [-0.1, -0.05) is 0 Å². The normalized spacial score (nSPS) is 17.5. The van der Waals surface area contributed by atoms with E-state index in [9.17, 15) is 9.59 Å². The van der Waals surface area contributed by atoms with E-state index in [2.05, 4.69) is 15.3 Å². The van der Waals surface area contributed by atoms with Gasteiger partial charge in [0.05, 0.1) is 5.69 Å². The zero-order valence-corrected chi connectivity index (χ0v) is 17.5. The van der Waals surface area contributed by atoms with E-state index in [1.54, 1.807) is 24.3 Å². The Bertz CT molecular complexity index is 905. The number of ether oxygens (including phenoxy) is 1. The molecule has 1 aliphatic heterocycles. The van der Waals surface area contributed by atoms with Crippen LogP contribution in [-0.4, -0.2) is 50.3 Å². The summed E-state index contributed by atoms with van der Waals surface area (Å²) >= 11 is 0. The Balaban J connectivity index is 1.80. The lowest BCUT2D eigenvalue weighted by Crippen LogP contribution is -2.42. The van der Waals surface area contributed by atoms with Crippen LogP contribution in [0.2, 0.25) is 0 Å². The molecule has 0 unspecified atom stereocenters. The van der Waals surface area contributed by atoms with E-state index in [0.29, 0.717) is 24.7 Å². The van der Waals surface area contributed by atoms with E-state index in [4.69, 9.17) is 4.74 Å². The van der Waals surface area contributed by atoms with Crippen LogP contribution < -0.4 is 10.9 Å². The van der Waals surface area contributed by atoms with Crippen molar-refractivity contribution in [1.82, 2.24) is 19.4 Å². The highest BCUT2D eigenvalue weighted by atomic mass is 16.6. The van der Waals surface area contributed by atoms with Crippen molar-refractivity contribution in [2.75, 3.05) is 18.4 Å². The standard InChI is InChI=1S/C21H29N5O3/c1-21(2,3)29-20(28)26-12-6-5-7-16(14-26)23-19-24-17(13-18(27)25(19)4)15-8-10-22-11-9-15/h8-11,13,16H,5-7,12,14H2,1-4H3,(H,23,24)/t16-/m1/s1. The van der Waals surface area contributed by atoms with Crippen molar-refractivity contribution in [2.45, 2.75) is 51.7 Å². The maximum absolute atomic E-state index is 12.5. The van der Waals surface area contributed by atoms with Gasteiger partial charge in [0.25, 0.3) is 5.56 Å². The molecule has 1 N–H and O–H groups in total. The van der Waals surface area contributed by atoms with Crippen molar-refractivity contribution in [3.8, 4) is 11.3 Å². The molecule has 0 aromatic carbocycles. The van der Waals surface area contributed by atoms with Gasteiger partial charge in [-0.15, -0.1) is 0 Å². The number of nitrogens with zero attached hydrogens (tertiary/aromatic N) is 4. The molecule has 1 amide bonds. The molecule has 1 atom stereocenters. The molecule has 3 rings (SSSR count). The van der Waals surface area contributed by atoms with Crippen LogP contribution in [0.15, 0.2) is 35.4 Å². The van der Waals surface area contributed by atoms with Crippen molar-refractivity contribution in [3.05, 3.63) is 40.9 Å². The summed E-state index contributed by atoms with van der Waals surface area (Å²) in [5.41, 5.74) is 0.746. The Morgan fingerprint density at radius 2 is 1.97 bits per heavy atom. The second-order valence-corrected chi connectivity index (χ2v) is 8.36. The number of hydrogen-bond acceptors (Lipinski definition) is 6. The average Bonchev–Trinajstić information content (AvgIpc) is 2.90. The fourth-order valence-electron chi connectivity index (χ4n) is 3.27. The molecule has 1 saturated heterocycles. The summed E-state index contributed by atoms with van der Waals surface area (Å²) in [7, 11) is 1.69. The molecule has 0 bridgehead atoms. The van der Waals surface area contributed by atoms with Gasteiger partial charge in [0, 0.05) is 50.2 Å². The van der Waals surface area contributed by atoms with Crippen LogP contribution in [0.1, 0.15) is 40.0 Å². The first-order valence-electron chi connectivity index (χ1n) is 9.96. The SMILES string of the molecule is Cn1c(N[C@@H]2CCCCN(C(=O)OC(C)(C)C)C2)nc(-c2ccncc2)cc1=O. The van der Waals surface area contributed by atoms with Crippen molar-refractivity contribution in [1.29, 1.82) is 0 Å². The van der Waals surface area contributed by atoms with Gasteiger partial charge in [0.2, 0.25) is 5.95 Å². The van der Waals surface area contributed by atoms with Gasteiger partial charge >= 0.3 is 6.09 Å². The van der Waals surface area contributed by atoms with Crippen molar-refractivity contribution < 1.29 is 9.53 Å². The summed E-state index contributed by atoms with van der Waals surface area (Å²) in [6, 6.07) is 5.14. The molecule has 156 valence electrons. The Kier molecular flexibility index (Phi) is 6.20. The number of anilines is 1. The lowest BCUT2D eigenvalue weighted by atomic mass is 10.1. The first-order chi connectivity index (χ1) is 13.7. The third-order valence-corrected chi connectivity index (χ3v) is 4.77. The lowest BCUT2D eigenvalue weighted by Gasteiger charge is -2.29. The minimum Gasteiger partial charge on any atom is -0.444 e. The summed E-state index contributed by atoms with van der Waals surface area (Å²) in [6.07, 6.45) is 5.82. The number of nitrogens with one attached hydrogen (secondary N) is 1. The van der Waals surface area contributed by atoms with E-state index in [-0.39, 0.29) is 17.7 Å². The molecule has 3 heterocycles. The predicted molar refractivity (Wildman–Crippen MR) is 112 cm³/mol. The fourth-order valence-corrected chi connectivity index (χ4v) is 3.27. The third-order valence-electron chi connectivity index (χ3n) is 4.77. The van der Waals surface area contributed by atoms with Gasteiger partial charge in [0.15, 0.2) is 0 Å². The molecule has 1 aliphatic rings. The molecule has 8 heteroatoms. The van der Waals surface area contributed by atoms with E-state index in [1.807, 2.05) is 32.9 Å². The maximum Gasteiger partial charge on any atom is 0.410 e. The summed E-state index contributed by atoms with van der Waals surface area (Å²) in [4.78, 5) is 35.4. The van der Waals surface area contributed by atoms with Gasteiger partial charge in [0.1, 0.15) is 5.60 Å². The Morgan fingerprint density at radius 1 is 1.24 bits per heavy atom. The Morgan fingerprint density at radius 3 is 2.66 bits per heavy atom. The minimum atomic E-state index is -0.531. The molecule has 0 aliphatic carbocycles. The van der Waals surface area contributed by atoms with E-state index >= 15 is 0 Å². The number of hydrogen-bond donors (Lipinski definition) is 1. The largest absolute Gasteiger partial charge is 0.444 e. The summed E-state index contributed by atoms with van der Waals surface area (Å²) in [5.74, 6) is 0.486. The van der Waals surface area contributed by atoms with Crippen molar-refractivity contribution in [2.24, 2.45) is 7.05 Å². The smallest absolute Gasteiger partial charge is 0.410 e. The van der Waals surface area contributed by atoms with Gasteiger partial charge in [-0.2, -0.15) is 0 Å². The number of amides is 1. The van der Waals surface area contributed by atoms with Crippen LogP contribution in [0.25, 0.3) is 11.3 Å². The molecule has 1 fully saturated rings.